The highest BCUT2D eigenvalue weighted by molar-refractivity contribution is 5.96. The van der Waals surface area contributed by atoms with Gasteiger partial charge < -0.3 is 10.6 Å². The lowest BCUT2D eigenvalue weighted by atomic mass is 10.2. The molecule has 0 bridgehead atoms. The zero-order chi connectivity index (χ0) is 17.0. The van der Waals surface area contributed by atoms with Crippen molar-refractivity contribution < 1.29 is 18.0 Å². The lowest BCUT2D eigenvalue weighted by Crippen LogP contribution is -2.32. The third-order valence-corrected chi connectivity index (χ3v) is 3.19. The zero-order valence-corrected chi connectivity index (χ0v) is 12.7. The summed E-state index contributed by atoms with van der Waals surface area (Å²) in [6.07, 6.45) is 0.252. The molecule has 1 aromatic heterocycles. The molecule has 2 aromatic rings. The van der Waals surface area contributed by atoms with E-state index in [0.717, 1.165) is 10.2 Å². The number of benzene rings is 1. The predicted molar refractivity (Wildman–Crippen MR) is 81.1 cm³/mol. The summed E-state index contributed by atoms with van der Waals surface area (Å²) in [5.41, 5.74) is 1.57. The van der Waals surface area contributed by atoms with Crippen molar-refractivity contribution in [1.82, 2.24) is 9.78 Å². The first-order chi connectivity index (χ1) is 10.8. The molecule has 0 saturated carbocycles. The number of alkyl halides is 2. The molecule has 0 aliphatic heterocycles. The van der Waals surface area contributed by atoms with Crippen LogP contribution in [-0.2, 0) is 11.3 Å². The van der Waals surface area contributed by atoms with Crippen molar-refractivity contribution in [2.75, 3.05) is 10.6 Å². The Bertz CT molecular complexity index is 687. The monoisotopic (exact) mass is 326 g/mol. The van der Waals surface area contributed by atoms with Crippen molar-refractivity contribution >= 4 is 17.3 Å². The molecular formula is C15H17F3N4O. The molecule has 1 aromatic carbocycles. The van der Waals surface area contributed by atoms with Gasteiger partial charge in [-0.15, -0.1) is 0 Å². The fourth-order valence-corrected chi connectivity index (χ4v) is 1.96. The Morgan fingerprint density at radius 3 is 2.83 bits per heavy atom. The minimum absolute atomic E-state index is 0.375. The van der Waals surface area contributed by atoms with E-state index in [1.807, 2.05) is 0 Å². The lowest BCUT2D eigenvalue weighted by Gasteiger charge is -2.15. The molecule has 1 heterocycles. The minimum Gasteiger partial charge on any atom is -0.371 e. The SMILES string of the molecule is Cc1ccc(F)cc1NC(=O)[C@H](C)Nc1cnn(CC(F)F)c1. The average molecular weight is 326 g/mol. The normalized spacial score (nSPS) is 12.3. The van der Waals surface area contributed by atoms with Crippen LogP contribution in [0.1, 0.15) is 12.5 Å². The zero-order valence-electron chi connectivity index (χ0n) is 12.7. The molecule has 1 atom stereocenters. The summed E-state index contributed by atoms with van der Waals surface area (Å²) in [4.78, 5) is 12.1. The number of halogens is 3. The highest BCUT2D eigenvalue weighted by atomic mass is 19.3. The van der Waals surface area contributed by atoms with Crippen molar-refractivity contribution in [2.45, 2.75) is 32.9 Å². The number of aromatic nitrogens is 2. The van der Waals surface area contributed by atoms with Crippen LogP contribution >= 0.6 is 0 Å². The molecule has 2 rings (SSSR count). The number of hydrogen-bond acceptors (Lipinski definition) is 3. The van der Waals surface area contributed by atoms with Gasteiger partial charge in [0, 0.05) is 11.9 Å². The molecule has 0 aliphatic carbocycles. The van der Waals surface area contributed by atoms with E-state index in [4.69, 9.17) is 0 Å². The number of amides is 1. The molecule has 23 heavy (non-hydrogen) atoms. The highest BCUT2D eigenvalue weighted by Gasteiger charge is 2.15. The van der Waals surface area contributed by atoms with Gasteiger partial charge in [0.25, 0.3) is 6.43 Å². The Morgan fingerprint density at radius 2 is 2.13 bits per heavy atom. The van der Waals surface area contributed by atoms with E-state index in [0.29, 0.717) is 11.4 Å². The molecule has 0 radical (unpaired) electrons. The summed E-state index contributed by atoms with van der Waals surface area (Å²) in [5.74, 6) is -0.819. The van der Waals surface area contributed by atoms with Crippen molar-refractivity contribution in [3.05, 3.63) is 42.0 Å². The third kappa shape index (κ3) is 4.73. The average Bonchev–Trinajstić information content (AvgIpc) is 2.89. The summed E-state index contributed by atoms with van der Waals surface area (Å²) in [6.45, 7) is 2.85. The van der Waals surface area contributed by atoms with E-state index < -0.39 is 24.8 Å². The van der Waals surface area contributed by atoms with Crippen LogP contribution < -0.4 is 10.6 Å². The number of nitrogens with one attached hydrogen (secondary N) is 2. The smallest absolute Gasteiger partial charge is 0.257 e. The van der Waals surface area contributed by atoms with Crippen molar-refractivity contribution in [3.63, 3.8) is 0 Å². The molecule has 0 saturated heterocycles. The number of carbonyl (C=O) groups is 1. The van der Waals surface area contributed by atoms with Crippen LogP contribution in [0.2, 0.25) is 0 Å². The topological polar surface area (TPSA) is 59.0 Å². The number of aryl methyl sites for hydroxylation is 1. The second-order valence-corrected chi connectivity index (χ2v) is 5.16. The van der Waals surface area contributed by atoms with Gasteiger partial charge in [0.05, 0.1) is 11.9 Å². The summed E-state index contributed by atoms with van der Waals surface area (Å²) in [6, 6.07) is 3.46. The molecule has 0 spiro atoms. The lowest BCUT2D eigenvalue weighted by molar-refractivity contribution is -0.116. The Balaban J connectivity index is 1.97. The second kappa shape index (κ2) is 7.17. The fraction of sp³-hybridized carbons (Fsp3) is 0.333. The first-order valence-electron chi connectivity index (χ1n) is 6.99. The second-order valence-electron chi connectivity index (χ2n) is 5.16. The highest BCUT2D eigenvalue weighted by Crippen LogP contribution is 2.17. The summed E-state index contributed by atoms with van der Waals surface area (Å²) in [7, 11) is 0. The van der Waals surface area contributed by atoms with Gasteiger partial charge in [0.1, 0.15) is 18.4 Å². The maximum atomic E-state index is 13.2. The summed E-state index contributed by atoms with van der Waals surface area (Å²) in [5, 5.41) is 9.25. The van der Waals surface area contributed by atoms with Crippen molar-refractivity contribution in [3.8, 4) is 0 Å². The van der Waals surface area contributed by atoms with Crippen molar-refractivity contribution in [2.24, 2.45) is 0 Å². The molecule has 2 N–H and O–H groups in total. The van der Waals surface area contributed by atoms with Gasteiger partial charge in [0.15, 0.2) is 0 Å². The molecular weight excluding hydrogens is 309 g/mol. The Labute approximate surface area is 131 Å². The first-order valence-corrected chi connectivity index (χ1v) is 6.99. The van der Waals surface area contributed by atoms with Gasteiger partial charge in [-0.25, -0.2) is 13.2 Å². The molecule has 1 amide bonds. The maximum absolute atomic E-state index is 13.2. The molecule has 0 fully saturated rings. The Morgan fingerprint density at radius 1 is 1.39 bits per heavy atom. The first kappa shape index (κ1) is 16.9. The number of nitrogens with zero attached hydrogens (tertiary/aromatic N) is 2. The number of rotatable bonds is 6. The standard InChI is InChI=1S/C15H17F3N4O/c1-9-3-4-11(16)5-13(9)21-15(23)10(2)20-12-6-19-22(7-12)8-14(17)18/h3-7,10,14,20H,8H2,1-2H3,(H,21,23)/t10-/m0/s1. The molecule has 0 aliphatic rings. The number of hydrogen-bond donors (Lipinski definition) is 2. The Hall–Kier alpha value is -2.51. The van der Waals surface area contributed by atoms with Gasteiger partial charge in [0.2, 0.25) is 5.91 Å². The van der Waals surface area contributed by atoms with E-state index in [-0.39, 0.29) is 5.91 Å². The van der Waals surface area contributed by atoms with Crippen LogP contribution in [0.4, 0.5) is 24.5 Å². The van der Waals surface area contributed by atoms with Crippen LogP contribution in [0.3, 0.4) is 0 Å². The molecule has 5 nitrogen and oxygen atoms in total. The number of carbonyl (C=O) groups excluding carboxylic acids is 1. The van der Waals surface area contributed by atoms with Crippen molar-refractivity contribution in [1.29, 1.82) is 0 Å². The molecule has 8 heteroatoms. The fourth-order valence-electron chi connectivity index (χ4n) is 1.96. The summed E-state index contributed by atoms with van der Waals surface area (Å²) < 4.78 is 38.8. The third-order valence-electron chi connectivity index (χ3n) is 3.19. The Kier molecular flexibility index (Phi) is 5.25. The van der Waals surface area contributed by atoms with E-state index in [9.17, 15) is 18.0 Å². The van der Waals surface area contributed by atoms with Gasteiger partial charge in [-0.05, 0) is 31.5 Å². The molecule has 0 unspecified atom stereocenters. The number of anilines is 2. The molecule has 124 valence electrons. The summed E-state index contributed by atoms with van der Waals surface area (Å²) >= 11 is 0. The van der Waals surface area contributed by atoms with Crippen LogP contribution in [0, 0.1) is 12.7 Å². The largest absolute Gasteiger partial charge is 0.371 e. The van der Waals surface area contributed by atoms with Crippen LogP contribution in [0.15, 0.2) is 30.6 Å². The quantitative estimate of drug-likeness (QED) is 0.858. The van der Waals surface area contributed by atoms with E-state index in [2.05, 4.69) is 15.7 Å². The van der Waals surface area contributed by atoms with E-state index >= 15 is 0 Å². The maximum Gasteiger partial charge on any atom is 0.257 e. The van der Waals surface area contributed by atoms with Crippen LogP contribution in [-0.4, -0.2) is 28.2 Å². The minimum atomic E-state index is -2.50. The van der Waals surface area contributed by atoms with Gasteiger partial charge >= 0.3 is 0 Å². The van der Waals surface area contributed by atoms with E-state index in [1.54, 1.807) is 19.9 Å². The van der Waals surface area contributed by atoms with E-state index in [1.165, 1.54) is 24.5 Å². The van der Waals surface area contributed by atoms with Gasteiger partial charge in [-0.3, -0.25) is 9.48 Å². The van der Waals surface area contributed by atoms with Gasteiger partial charge in [-0.2, -0.15) is 5.10 Å². The van der Waals surface area contributed by atoms with Crippen LogP contribution in [0.25, 0.3) is 0 Å². The predicted octanol–water partition coefficient (Wildman–Crippen LogP) is 3.03. The van der Waals surface area contributed by atoms with Gasteiger partial charge in [-0.1, -0.05) is 6.07 Å². The van der Waals surface area contributed by atoms with Crippen LogP contribution in [0.5, 0.6) is 0 Å².